The molecule has 0 unspecified atom stereocenters. The highest BCUT2D eigenvalue weighted by Gasteiger charge is 2.07. The minimum absolute atomic E-state index is 0.193. The average molecular weight is 281 g/mol. The molecule has 1 amide bonds. The molecule has 0 saturated heterocycles. The Kier molecular flexibility index (Phi) is 4.35. The second-order valence-electron chi connectivity index (χ2n) is 3.82. The first-order valence-electron chi connectivity index (χ1n) is 5.71. The number of para-hydroxylation sites is 1. The van der Waals surface area contributed by atoms with Crippen molar-refractivity contribution < 1.29 is 9.53 Å². The van der Waals surface area contributed by atoms with Gasteiger partial charge >= 0.3 is 0 Å². The van der Waals surface area contributed by atoms with Crippen LogP contribution in [0.2, 0.25) is 5.02 Å². The summed E-state index contributed by atoms with van der Waals surface area (Å²) >= 11 is 5.92. The highest BCUT2D eigenvalue weighted by molar-refractivity contribution is 6.32. The van der Waals surface area contributed by atoms with Crippen molar-refractivity contribution in [2.24, 2.45) is 0 Å². The van der Waals surface area contributed by atoms with Crippen molar-refractivity contribution >= 4 is 23.5 Å². The number of halogens is 1. The predicted octanol–water partition coefficient (Wildman–Crippen LogP) is 2.17. The normalized spacial score (nSPS) is 10.2. The number of amides is 1. The molecule has 2 N–H and O–H groups in total. The first-order chi connectivity index (χ1) is 9.15. The summed E-state index contributed by atoms with van der Waals surface area (Å²) < 4.78 is 5.41. The molecule has 1 aromatic heterocycles. The first kappa shape index (κ1) is 13.4. The quantitative estimate of drug-likeness (QED) is 0.880. The minimum atomic E-state index is -0.217. The van der Waals surface area contributed by atoms with Crippen LogP contribution in [0.5, 0.6) is 5.75 Å². The van der Waals surface area contributed by atoms with Crippen LogP contribution in [0.1, 0.15) is 12.2 Å². The largest absolute Gasteiger partial charge is 0.491 e. The fraction of sp³-hybridized carbons (Fsp3) is 0.250. The molecule has 1 aromatic carbocycles. The number of aryl methyl sites for hydroxylation is 1. The Balaban J connectivity index is 1.77. The molecule has 0 atom stereocenters. The highest BCUT2D eigenvalue weighted by atomic mass is 35.5. The van der Waals surface area contributed by atoms with Crippen LogP contribution in [0.25, 0.3) is 0 Å². The Morgan fingerprint density at radius 3 is 2.95 bits per heavy atom. The SMILES string of the molecule is Cc1nc(NC(=O)CCOc2ccccc2Cl)n[nH]1. The van der Waals surface area contributed by atoms with Gasteiger partial charge in [0.05, 0.1) is 18.1 Å². The molecule has 0 aliphatic carbocycles. The van der Waals surface area contributed by atoms with Gasteiger partial charge < -0.3 is 4.74 Å². The van der Waals surface area contributed by atoms with E-state index in [1.807, 2.05) is 12.1 Å². The summed E-state index contributed by atoms with van der Waals surface area (Å²) in [7, 11) is 0. The number of rotatable bonds is 5. The van der Waals surface area contributed by atoms with E-state index >= 15 is 0 Å². The topological polar surface area (TPSA) is 79.9 Å². The number of H-pyrrole nitrogens is 1. The van der Waals surface area contributed by atoms with Crippen molar-refractivity contribution in [3.63, 3.8) is 0 Å². The van der Waals surface area contributed by atoms with Crippen molar-refractivity contribution in [2.75, 3.05) is 11.9 Å². The number of nitrogens with zero attached hydrogens (tertiary/aromatic N) is 2. The van der Waals surface area contributed by atoms with E-state index in [0.717, 1.165) is 0 Å². The van der Waals surface area contributed by atoms with E-state index in [1.54, 1.807) is 19.1 Å². The van der Waals surface area contributed by atoms with Gasteiger partial charge in [-0.2, -0.15) is 4.98 Å². The molecule has 2 rings (SSSR count). The van der Waals surface area contributed by atoms with Crippen LogP contribution >= 0.6 is 11.6 Å². The predicted molar refractivity (Wildman–Crippen MR) is 71.3 cm³/mol. The van der Waals surface area contributed by atoms with Crippen LogP contribution in [-0.2, 0) is 4.79 Å². The number of anilines is 1. The second-order valence-corrected chi connectivity index (χ2v) is 4.23. The number of hydrogen-bond donors (Lipinski definition) is 2. The van der Waals surface area contributed by atoms with Crippen molar-refractivity contribution in [3.05, 3.63) is 35.1 Å². The molecule has 6 nitrogen and oxygen atoms in total. The fourth-order valence-electron chi connectivity index (χ4n) is 1.40. The Bertz CT molecular complexity index is 570. The molecule has 0 spiro atoms. The maximum Gasteiger partial charge on any atom is 0.248 e. The van der Waals surface area contributed by atoms with Gasteiger partial charge in [-0.1, -0.05) is 23.7 Å². The number of aromatic amines is 1. The van der Waals surface area contributed by atoms with Gasteiger partial charge in [0.25, 0.3) is 0 Å². The van der Waals surface area contributed by atoms with E-state index in [4.69, 9.17) is 16.3 Å². The third-order valence-electron chi connectivity index (χ3n) is 2.27. The fourth-order valence-corrected chi connectivity index (χ4v) is 1.59. The Morgan fingerprint density at radius 2 is 2.26 bits per heavy atom. The first-order valence-corrected chi connectivity index (χ1v) is 6.09. The van der Waals surface area contributed by atoms with Gasteiger partial charge in [0, 0.05) is 0 Å². The number of carbonyl (C=O) groups is 1. The van der Waals surface area contributed by atoms with Gasteiger partial charge in [0.1, 0.15) is 11.6 Å². The molecule has 0 radical (unpaired) electrons. The third kappa shape index (κ3) is 3.96. The lowest BCUT2D eigenvalue weighted by molar-refractivity contribution is -0.116. The lowest BCUT2D eigenvalue weighted by atomic mass is 10.3. The summed E-state index contributed by atoms with van der Waals surface area (Å²) in [5, 5.41) is 9.52. The van der Waals surface area contributed by atoms with Crippen LogP contribution in [0, 0.1) is 6.92 Å². The smallest absolute Gasteiger partial charge is 0.248 e. The average Bonchev–Trinajstić information content (AvgIpc) is 2.77. The number of ether oxygens (including phenoxy) is 1. The maximum absolute atomic E-state index is 11.6. The van der Waals surface area contributed by atoms with E-state index in [9.17, 15) is 4.79 Å². The molecular formula is C12H13ClN4O2. The van der Waals surface area contributed by atoms with Gasteiger partial charge in [-0.15, -0.1) is 5.10 Å². The molecule has 100 valence electrons. The summed E-state index contributed by atoms with van der Waals surface area (Å²) in [5.74, 6) is 1.25. The minimum Gasteiger partial charge on any atom is -0.491 e. The zero-order valence-corrected chi connectivity index (χ0v) is 11.1. The molecule has 0 saturated carbocycles. The number of carbonyl (C=O) groups excluding carboxylic acids is 1. The zero-order valence-electron chi connectivity index (χ0n) is 10.3. The number of benzene rings is 1. The van der Waals surface area contributed by atoms with Gasteiger partial charge in [-0.3, -0.25) is 15.2 Å². The van der Waals surface area contributed by atoms with E-state index in [-0.39, 0.29) is 24.9 Å². The molecular weight excluding hydrogens is 268 g/mol. The number of hydrogen-bond acceptors (Lipinski definition) is 4. The Hall–Kier alpha value is -2.08. The van der Waals surface area contributed by atoms with E-state index < -0.39 is 0 Å². The monoisotopic (exact) mass is 280 g/mol. The highest BCUT2D eigenvalue weighted by Crippen LogP contribution is 2.23. The van der Waals surface area contributed by atoms with Gasteiger partial charge in [0.15, 0.2) is 0 Å². The third-order valence-corrected chi connectivity index (χ3v) is 2.58. The van der Waals surface area contributed by atoms with Crippen molar-refractivity contribution in [1.82, 2.24) is 15.2 Å². The van der Waals surface area contributed by atoms with Crippen LogP contribution < -0.4 is 10.1 Å². The number of aromatic nitrogens is 3. The molecule has 0 bridgehead atoms. The van der Waals surface area contributed by atoms with Crippen molar-refractivity contribution in [2.45, 2.75) is 13.3 Å². The van der Waals surface area contributed by atoms with Crippen LogP contribution in [0.3, 0.4) is 0 Å². The van der Waals surface area contributed by atoms with Gasteiger partial charge in [0.2, 0.25) is 11.9 Å². The Morgan fingerprint density at radius 1 is 1.47 bits per heavy atom. The standard InChI is InChI=1S/C12H13ClN4O2/c1-8-14-12(17-16-8)15-11(18)6-7-19-10-5-3-2-4-9(10)13/h2-5H,6-7H2,1H3,(H2,14,15,16,17,18). The molecule has 7 heteroatoms. The Labute approximate surface area is 115 Å². The summed E-state index contributed by atoms with van der Waals surface area (Å²) in [4.78, 5) is 15.5. The summed E-state index contributed by atoms with van der Waals surface area (Å²) in [6.45, 7) is 1.99. The van der Waals surface area contributed by atoms with Gasteiger partial charge in [-0.25, -0.2) is 0 Å². The van der Waals surface area contributed by atoms with E-state index in [0.29, 0.717) is 16.6 Å². The summed E-state index contributed by atoms with van der Waals surface area (Å²) in [5.41, 5.74) is 0. The summed E-state index contributed by atoms with van der Waals surface area (Å²) in [6, 6.07) is 7.11. The van der Waals surface area contributed by atoms with E-state index in [1.165, 1.54) is 0 Å². The van der Waals surface area contributed by atoms with Crippen LogP contribution in [0.4, 0.5) is 5.95 Å². The van der Waals surface area contributed by atoms with Crippen molar-refractivity contribution in [3.8, 4) is 5.75 Å². The zero-order chi connectivity index (χ0) is 13.7. The molecule has 19 heavy (non-hydrogen) atoms. The van der Waals surface area contributed by atoms with Crippen LogP contribution in [-0.4, -0.2) is 27.7 Å². The summed E-state index contributed by atoms with van der Waals surface area (Å²) in [6.07, 6.45) is 0.193. The van der Waals surface area contributed by atoms with Gasteiger partial charge in [-0.05, 0) is 19.1 Å². The van der Waals surface area contributed by atoms with Crippen molar-refractivity contribution in [1.29, 1.82) is 0 Å². The second kappa shape index (κ2) is 6.19. The molecule has 0 aliphatic rings. The van der Waals surface area contributed by atoms with Crippen LogP contribution in [0.15, 0.2) is 24.3 Å². The maximum atomic E-state index is 11.6. The molecule has 0 aliphatic heterocycles. The lowest BCUT2D eigenvalue weighted by Crippen LogP contribution is -2.16. The molecule has 0 fully saturated rings. The molecule has 2 aromatic rings. The van der Waals surface area contributed by atoms with E-state index in [2.05, 4.69) is 20.5 Å². The number of nitrogens with one attached hydrogen (secondary N) is 2. The molecule has 1 heterocycles. The lowest BCUT2D eigenvalue weighted by Gasteiger charge is -2.07.